The molecule has 1 atom stereocenters. The third kappa shape index (κ3) is 2.78. The summed E-state index contributed by atoms with van der Waals surface area (Å²) in [4.78, 5) is 11.0. The standard InChI is InChI=1S/C11H10FNO2/c1-15-11(14)6-8(7-13)9-4-2-3-5-10(9)12/h2-5,8H,6H2,1H3. The second-order valence-electron chi connectivity index (χ2n) is 2.98. The minimum atomic E-state index is -0.793. The van der Waals surface area contributed by atoms with Crippen LogP contribution in [0.15, 0.2) is 24.3 Å². The number of hydrogen-bond acceptors (Lipinski definition) is 3. The van der Waals surface area contributed by atoms with Gasteiger partial charge in [-0.1, -0.05) is 18.2 Å². The van der Waals surface area contributed by atoms with E-state index in [0.29, 0.717) is 0 Å². The molecule has 0 bridgehead atoms. The molecule has 0 N–H and O–H groups in total. The smallest absolute Gasteiger partial charge is 0.307 e. The molecule has 1 rings (SSSR count). The van der Waals surface area contributed by atoms with Crippen LogP contribution in [-0.4, -0.2) is 13.1 Å². The topological polar surface area (TPSA) is 50.1 Å². The summed E-state index contributed by atoms with van der Waals surface area (Å²) in [6.45, 7) is 0. The van der Waals surface area contributed by atoms with Crippen LogP contribution in [0.5, 0.6) is 0 Å². The molecule has 0 saturated carbocycles. The minimum Gasteiger partial charge on any atom is -0.469 e. The lowest BCUT2D eigenvalue weighted by atomic mass is 9.97. The van der Waals surface area contributed by atoms with Crippen LogP contribution in [0.3, 0.4) is 0 Å². The normalized spacial score (nSPS) is 11.5. The molecule has 4 heteroatoms. The van der Waals surface area contributed by atoms with E-state index in [0.717, 1.165) is 0 Å². The zero-order valence-corrected chi connectivity index (χ0v) is 8.24. The first-order valence-corrected chi connectivity index (χ1v) is 4.40. The Morgan fingerprint density at radius 2 is 2.27 bits per heavy atom. The van der Waals surface area contributed by atoms with Gasteiger partial charge in [-0.2, -0.15) is 5.26 Å². The second kappa shape index (κ2) is 5.11. The van der Waals surface area contributed by atoms with Gasteiger partial charge in [0.15, 0.2) is 0 Å². The average Bonchev–Trinajstić information content (AvgIpc) is 2.26. The predicted octanol–water partition coefficient (Wildman–Crippen LogP) is 2.00. The fourth-order valence-corrected chi connectivity index (χ4v) is 1.23. The van der Waals surface area contributed by atoms with Gasteiger partial charge in [-0.25, -0.2) is 4.39 Å². The zero-order valence-electron chi connectivity index (χ0n) is 8.24. The summed E-state index contributed by atoms with van der Waals surface area (Å²) in [6.07, 6.45) is -0.131. The molecule has 78 valence electrons. The van der Waals surface area contributed by atoms with Gasteiger partial charge in [-0.15, -0.1) is 0 Å². The van der Waals surface area contributed by atoms with E-state index in [4.69, 9.17) is 5.26 Å². The number of benzene rings is 1. The molecule has 0 amide bonds. The average molecular weight is 207 g/mol. The van der Waals surface area contributed by atoms with Crippen molar-refractivity contribution in [3.05, 3.63) is 35.6 Å². The van der Waals surface area contributed by atoms with Crippen LogP contribution >= 0.6 is 0 Å². The summed E-state index contributed by atoms with van der Waals surface area (Å²) in [5, 5.41) is 8.82. The molecule has 0 heterocycles. The zero-order chi connectivity index (χ0) is 11.3. The monoisotopic (exact) mass is 207 g/mol. The fraction of sp³-hybridized carbons (Fsp3) is 0.273. The molecular formula is C11H10FNO2. The number of carbonyl (C=O) groups is 1. The van der Waals surface area contributed by atoms with E-state index in [1.165, 1.54) is 25.3 Å². The molecule has 0 aliphatic carbocycles. The van der Waals surface area contributed by atoms with Crippen LogP contribution in [0.4, 0.5) is 4.39 Å². The summed E-state index contributed by atoms with van der Waals surface area (Å²) in [5.74, 6) is -1.79. The van der Waals surface area contributed by atoms with Crippen LogP contribution in [0.1, 0.15) is 17.9 Å². The van der Waals surface area contributed by atoms with Crippen molar-refractivity contribution >= 4 is 5.97 Å². The molecule has 0 aromatic heterocycles. The van der Waals surface area contributed by atoms with Crippen molar-refractivity contribution in [2.75, 3.05) is 7.11 Å². The molecule has 15 heavy (non-hydrogen) atoms. The molecule has 3 nitrogen and oxygen atoms in total. The number of nitriles is 1. The fourth-order valence-electron chi connectivity index (χ4n) is 1.23. The molecule has 1 aromatic carbocycles. The summed E-state index contributed by atoms with van der Waals surface area (Å²) >= 11 is 0. The molecule has 0 fully saturated rings. The van der Waals surface area contributed by atoms with Crippen molar-refractivity contribution in [2.24, 2.45) is 0 Å². The number of halogens is 1. The number of nitrogens with zero attached hydrogens (tertiary/aromatic N) is 1. The number of carbonyl (C=O) groups excluding carboxylic acids is 1. The van der Waals surface area contributed by atoms with E-state index in [9.17, 15) is 9.18 Å². The van der Waals surface area contributed by atoms with Crippen molar-refractivity contribution < 1.29 is 13.9 Å². The lowest BCUT2D eigenvalue weighted by Crippen LogP contribution is -2.08. The quantitative estimate of drug-likeness (QED) is 0.712. The van der Waals surface area contributed by atoms with Crippen LogP contribution in [-0.2, 0) is 9.53 Å². The van der Waals surface area contributed by atoms with Gasteiger partial charge in [0.2, 0.25) is 0 Å². The van der Waals surface area contributed by atoms with Crippen LogP contribution < -0.4 is 0 Å². The third-order valence-electron chi connectivity index (χ3n) is 2.03. The molecule has 0 aliphatic heterocycles. The van der Waals surface area contributed by atoms with E-state index in [2.05, 4.69) is 4.74 Å². The second-order valence-corrected chi connectivity index (χ2v) is 2.98. The van der Waals surface area contributed by atoms with Gasteiger partial charge < -0.3 is 4.74 Å². The van der Waals surface area contributed by atoms with Crippen molar-refractivity contribution in [3.63, 3.8) is 0 Å². The van der Waals surface area contributed by atoms with Crippen molar-refractivity contribution in [1.29, 1.82) is 5.26 Å². The van der Waals surface area contributed by atoms with Crippen LogP contribution in [0.25, 0.3) is 0 Å². The lowest BCUT2D eigenvalue weighted by Gasteiger charge is -2.08. The number of rotatable bonds is 3. The first kappa shape index (κ1) is 11.2. The summed E-state index contributed by atoms with van der Waals surface area (Å²) in [5.41, 5.74) is 0.227. The highest BCUT2D eigenvalue weighted by Crippen LogP contribution is 2.21. The van der Waals surface area contributed by atoms with Gasteiger partial charge in [0, 0.05) is 5.56 Å². The maximum absolute atomic E-state index is 13.3. The highest BCUT2D eigenvalue weighted by Gasteiger charge is 2.18. The Morgan fingerprint density at radius 3 is 2.80 bits per heavy atom. The molecule has 1 unspecified atom stereocenters. The number of hydrogen-bond donors (Lipinski definition) is 0. The lowest BCUT2D eigenvalue weighted by molar-refractivity contribution is -0.140. The van der Waals surface area contributed by atoms with Gasteiger partial charge in [-0.05, 0) is 6.07 Å². The number of methoxy groups -OCH3 is 1. The highest BCUT2D eigenvalue weighted by atomic mass is 19.1. The number of ether oxygens (including phenoxy) is 1. The molecule has 0 spiro atoms. The minimum absolute atomic E-state index is 0.131. The Morgan fingerprint density at radius 1 is 1.60 bits per heavy atom. The van der Waals surface area contributed by atoms with Crippen LogP contribution in [0, 0.1) is 17.1 Å². The van der Waals surface area contributed by atoms with Gasteiger partial charge in [0.1, 0.15) is 5.82 Å². The van der Waals surface area contributed by atoms with Gasteiger partial charge in [0.25, 0.3) is 0 Å². The molecular weight excluding hydrogens is 197 g/mol. The Bertz CT molecular complexity index is 398. The first-order valence-electron chi connectivity index (χ1n) is 4.40. The first-order chi connectivity index (χ1) is 7.19. The van der Waals surface area contributed by atoms with E-state index < -0.39 is 17.7 Å². The predicted molar refractivity (Wildman–Crippen MR) is 51.4 cm³/mol. The van der Waals surface area contributed by atoms with E-state index in [1.807, 2.05) is 6.07 Å². The van der Waals surface area contributed by atoms with E-state index in [-0.39, 0.29) is 12.0 Å². The number of esters is 1. The van der Waals surface area contributed by atoms with Crippen LogP contribution in [0.2, 0.25) is 0 Å². The molecule has 0 aliphatic rings. The molecule has 0 saturated heterocycles. The summed E-state index contributed by atoms with van der Waals surface area (Å²) in [7, 11) is 1.23. The van der Waals surface area contributed by atoms with Crippen molar-refractivity contribution in [2.45, 2.75) is 12.3 Å². The Kier molecular flexibility index (Phi) is 3.81. The highest BCUT2D eigenvalue weighted by molar-refractivity contribution is 5.71. The Labute approximate surface area is 87.1 Å². The Balaban J connectivity index is 2.89. The molecule has 0 radical (unpaired) electrons. The largest absolute Gasteiger partial charge is 0.469 e. The molecule has 1 aromatic rings. The van der Waals surface area contributed by atoms with Crippen molar-refractivity contribution in [1.82, 2.24) is 0 Å². The van der Waals surface area contributed by atoms with Gasteiger partial charge in [0.05, 0.1) is 25.5 Å². The Hall–Kier alpha value is -1.89. The maximum atomic E-state index is 13.3. The third-order valence-corrected chi connectivity index (χ3v) is 2.03. The van der Waals surface area contributed by atoms with E-state index in [1.54, 1.807) is 6.07 Å². The SMILES string of the molecule is COC(=O)CC(C#N)c1ccccc1F. The van der Waals surface area contributed by atoms with Gasteiger partial charge >= 0.3 is 5.97 Å². The van der Waals surface area contributed by atoms with Gasteiger partial charge in [-0.3, -0.25) is 4.79 Å². The van der Waals surface area contributed by atoms with Crippen molar-refractivity contribution in [3.8, 4) is 6.07 Å². The van der Waals surface area contributed by atoms with E-state index >= 15 is 0 Å². The maximum Gasteiger partial charge on any atom is 0.307 e. The summed E-state index contributed by atoms with van der Waals surface area (Å²) in [6, 6.07) is 7.79. The summed E-state index contributed by atoms with van der Waals surface area (Å²) < 4.78 is 17.7.